The minimum atomic E-state index is -0.357. The lowest BCUT2D eigenvalue weighted by molar-refractivity contribution is 0.0923. The third-order valence-corrected chi connectivity index (χ3v) is 5.24. The molecule has 0 saturated heterocycles. The first-order valence-corrected chi connectivity index (χ1v) is 9.14. The summed E-state index contributed by atoms with van der Waals surface area (Å²) in [6.45, 7) is 1.82. The van der Waals surface area contributed by atoms with Crippen LogP contribution in [0.3, 0.4) is 0 Å². The van der Waals surface area contributed by atoms with Crippen molar-refractivity contribution >= 4 is 32.9 Å². The van der Waals surface area contributed by atoms with Crippen LogP contribution < -0.4 is 5.32 Å². The molecule has 6 nitrogen and oxygen atoms in total. The molecule has 1 aliphatic rings. The molecule has 2 heterocycles. The largest absolute Gasteiger partial charge is 0.340 e. The molecule has 26 heavy (non-hydrogen) atoms. The Hall–Kier alpha value is -2.35. The summed E-state index contributed by atoms with van der Waals surface area (Å²) in [6, 6.07) is 2.86. The summed E-state index contributed by atoms with van der Waals surface area (Å²) in [4.78, 5) is 25.4. The van der Waals surface area contributed by atoms with Crippen LogP contribution in [0, 0.1) is 18.7 Å². The van der Waals surface area contributed by atoms with Crippen LogP contribution in [0.1, 0.15) is 40.9 Å². The minimum Gasteiger partial charge on any atom is -0.340 e. The number of carbonyl (C=O) groups is 1. The van der Waals surface area contributed by atoms with E-state index < -0.39 is 0 Å². The molecule has 1 amide bonds. The van der Waals surface area contributed by atoms with Gasteiger partial charge in [-0.25, -0.2) is 14.4 Å². The molecular weight excluding hydrogens is 401 g/mol. The second kappa shape index (κ2) is 6.42. The van der Waals surface area contributed by atoms with E-state index in [1.165, 1.54) is 12.3 Å². The molecule has 1 atom stereocenters. The Morgan fingerprint density at radius 3 is 2.77 bits per heavy atom. The molecule has 3 aromatic rings. The Kier molecular flexibility index (Phi) is 4.22. The summed E-state index contributed by atoms with van der Waals surface area (Å²) in [5.41, 5.74) is 2.40. The van der Waals surface area contributed by atoms with Crippen molar-refractivity contribution in [1.29, 1.82) is 0 Å². The van der Waals surface area contributed by atoms with Crippen molar-refractivity contribution in [2.24, 2.45) is 13.0 Å². The molecule has 1 aromatic carbocycles. The summed E-state index contributed by atoms with van der Waals surface area (Å²) >= 11 is 3.21. The number of aryl methyl sites for hydroxylation is 2. The van der Waals surface area contributed by atoms with E-state index >= 15 is 0 Å². The molecule has 0 radical (unpaired) electrons. The number of halogens is 2. The maximum absolute atomic E-state index is 13.8. The number of hydrogen-bond acceptors (Lipinski definition) is 4. The van der Waals surface area contributed by atoms with Gasteiger partial charge in [0.05, 0.1) is 33.4 Å². The molecule has 0 bridgehead atoms. The average molecular weight is 418 g/mol. The Morgan fingerprint density at radius 1 is 1.35 bits per heavy atom. The van der Waals surface area contributed by atoms with Crippen LogP contribution in [0.2, 0.25) is 0 Å². The van der Waals surface area contributed by atoms with Gasteiger partial charge < -0.3 is 9.88 Å². The van der Waals surface area contributed by atoms with E-state index in [1.807, 2.05) is 18.5 Å². The molecule has 0 spiro atoms. The lowest BCUT2D eigenvalue weighted by atomic mass is 10.1. The zero-order valence-electron chi connectivity index (χ0n) is 14.3. The fourth-order valence-electron chi connectivity index (χ4n) is 3.03. The maximum Gasteiger partial charge on any atom is 0.272 e. The Labute approximate surface area is 158 Å². The van der Waals surface area contributed by atoms with Crippen LogP contribution in [0.5, 0.6) is 0 Å². The van der Waals surface area contributed by atoms with Crippen LogP contribution in [0.4, 0.5) is 4.39 Å². The topological polar surface area (TPSA) is 72.7 Å². The molecule has 1 saturated carbocycles. The number of hydrogen-bond donors (Lipinski definition) is 1. The van der Waals surface area contributed by atoms with Gasteiger partial charge in [-0.15, -0.1) is 0 Å². The first-order valence-electron chi connectivity index (χ1n) is 8.35. The molecular formula is C18H17BrFN5O. The van der Waals surface area contributed by atoms with Gasteiger partial charge in [0.15, 0.2) is 0 Å². The second-order valence-electron chi connectivity index (χ2n) is 6.62. The van der Waals surface area contributed by atoms with Crippen LogP contribution in [-0.2, 0) is 7.05 Å². The fraction of sp³-hybridized carbons (Fsp3) is 0.333. The highest BCUT2D eigenvalue weighted by molar-refractivity contribution is 9.10. The highest BCUT2D eigenvalue weighted by Crippen LogP contribution is 2.41. The lowest BCUT2D eigenvalue weighted by Gasteiger charge is -2.18. The second-order valence-corrected chi connectivity index (χ2v) is 7.47. The summed E-state index contributed by atoms with van der Waals surface area (Å²) in [5, 5.41) is 3.03. The quantitative estimate of drug-likeness (QED) is 0.705. The molecule has 4 rings (SSSR count). The van der Waals surface area contributed by atoms with E-state index in [9.17, 15) is 9.18 Å². The predicted molar refractivity (Wildman–Crippen MR) is 98.1 cm³/mol. The Balaban J connectivity index is 1.69. The van der Waals surface area contributed by atoms with Crippen molar-refractivity contribution in [1.82, 2.24) is 24.8 Å². The van der Waals surface area contributed by atoms with Gasteiger partial charge in [-0.3, -0.25) is 9.78 Å². The number of nitrogens with one attached hydrogen (secondary N) is 1. The van der Waals surface area contributed by atoms with Crippen molar-refractivity contribution in [3.8, 4) is 0 Å². The Morgan fingerprint density at radius 2 is 2.12 bits per heavy atom. The minimum absolute atomic E-state index is 0.246. The van der Waals surface area contributed by atoms with Gasteiger partial charge in [-0.05, 0) is 47.7 Å². The summed E-state index contributed by atoms with van der Waals surface area (Å²) < 4.78 is 16.1. The van der Waals surface area contributed by atoms with Crippen molar-refractivity contribution in [2.75, 3.05) is 0 Å². The molecule has 1 fully saturated rings. The fourth-order valence-corrected chi connectivity index (χ4v) is 3.36. The number of carbonyl (C=O) groups excluding carboxylic acids is 1. The first-order chi connectivity index (χ1) is 12.4. The van der Waals surface area contributed by atoms with E-state index in [0.717, 1.165) is 24.1 Å². The van der Waals surface area contributed by atoms with Crippen LogP contribution in [-0.4, -0.2) is 25.4 Å². The molecule has 1 N–H and O–H groups in total. The lowest BCUT2D eigenvalue weighted by Crippen LogP contribution is -2.32. The monoisotopic (exact) mass is 417 g/mol. The normalized spacial score (nSPS) is 15.2. The number of rotatable bonds is 4. The van der Waals surface area contributed by atoms with Crippen molar-refractivity contribution < 1.29 is 9.18 Å². The maximum atomic E-state index is 13.8. The average Bonchev–Trinajstić information content (AvgIpc) is 3.41. The summed E-state index contributed by atoms with van der Waals surface area (Å²) in [6.07, 6.45) is 5.07. The van der Waals surface area contributed by atoms with Gasteiger partial charge in [0.2, 0.25) is 0 Å². The van der Waals surface area contributed by atoms with E-state index in [4.69, 9.17) is 0 Å². The van der Waals surface area contributed by atoms with Crippen molar-refractivity contribution in [3.05, 3.63) is 52.0 Å². The number of fused-ring (bicyclic) bond motifs is 1. The highest BCUT2D eigenvalue weighted by Gasteiger charge is 2.36. The van der Waals surface area contributed by atoms with E-state index in [2.05, 4.69) is 36.2 Å². The van der Waals surface area contributed by atoms with Gasteiger partial charge >= 0.3 is 0 Å². The predicted octanol–water partition coefficient (Wildman–Crippen LogP) is 3.45. The number of aromatic nitrogens is 4. The zero-order chi connectivity index (χ0) is 18.4. The summed E-state index contributed by atoms with van der Waals surface area (Å²) in [7, 11) is 1.88. The smallest absolute Gasteiger partial charge is 0.272 e. The molecule has 0 aliphatic heterocycles. The van der Waals surface area contributed by atoms with E-state index in [0.29, 0.717) is 21.7 Å². The Bertz CT molecular complexity index is 997. The van der Waals surface area contributed by atoms with Gasteiger partial charge in [0.1, 0.15) is 17.3 Å². The number of benzene rings is 1. The summed E-state index contributed by atoms with van der Waals surface area (Å²) in [5.74, 6) is 0.396. The molecule has 134 valence electrons. The van der Waals surface area contributed by atoms with Crippen LogP contribution in [0.25, 0.3) is 11.0 Å². The zero-order valence-corrected chi connectivity index (χ0v) is 15.9. The van der Waals surface area contributed by atoms with Gasteiger partial charge in [-0.1, -0.05) is 0 Å². The van der Waals surface area contributed by atoms with Crippen molar-refractivity contribution in [3.63, 3.8) is 0 Å². The van der Waals surface area contributed by atoms with E-state index in [1.54, 1.807) is 12.3 Å². The highest BCUT2D eigenvalue weighted by atomic mass is 79.9. The molecule has 8 heteroatoms. The third-order valence-electron chi connectivity index (χ3n) is 4.63. The molecule has 1 aliphatic carbocycles. The van der Waals surface area contributed by atoms with Gasteiger partial charge in [-0.2, -0.15) is 0 Å². The third kappa shape index (κ3) is 3.09. The molecule has 0 unspecified atom stereocenters. The van der Waals surface area contributed by atoms with Crippen LogP contribution >= 0.6 is 15.9 Å². The number of nitrogens with zero attached hydrogens (tertiary/aromatic N) is 4. The molecule has 2 aromatic heterocycles. The number of imidazole rings is 1. The van der Waals surface area contributed by atoms with Gasteiger partial charge in [0, 0.05) is 19.3 Å². The van der Waals surface area contributed by atoms with E-state index in [-0.39, 0.29) is 23.5 Å². The standard InChI is InChI=1S/C18H17BrFN5O/c1-9-7-22-14(8-21-9)18(26)24-16(10-3-4-10)17-23-13-6-12(20)11(19)5-15(13)25(17)2/h5-8,10,16H,3-4H2,1-2H3,(H,24,26)/t16-/m0/s1. The SMILES string of the molecule is Cc1cnc(C(=O)N[C@H](c2nc3cc(F)c(Br)cc3n2C)C2CC2)cn1. The van der Waals surface area contributed by atoms with Gasteiger partial charge in [0.25, 0.3) is 5.91 Å². The number of amides is 1. The first kappa shape index (κ1) is 17.1. The van der Waals surface area contributed by atoms with Crippen LogP contribution in [0.15, 0.2) is 29.0 Å². The van der Waals surface area contributed by atoms with Crippen molar-refractivity contribution in [2.45, 2.75) is 25.8 Å².